The number of fused-ring (bicyclic) bond motifs is 1. The van der Waals surface area contributed by atoms with Crippen LogP contribution < -0.4 is 14.8 Å². The number of nitrogens with zero attached hydrogens (tertiary/aromatic N) is 3. The molecular formula is C24H18ClIN4O2. The van der Waals surface area contributed by atoms with E-state index in [2.05, 4.69) is 43.9 Å². The molecule has 0 aliphatic carbocycles. The summed E-state index contributed by atoms with van der Waals surface area (Å²) in [5.74, 6) is 1.24. The highest BCUT2D eigenvalue weighted by molar-refractivity contribution is 14.1. The highest BCUT2D eigenvalue weighted by Gasteiger charge is 2.17. The Hall–Kier alpha value is -3.09. The van der Waals surface area contributed by atoms with Gasteiger partial charge in [0.15, 0.2) is 0 Å². The highest BCUT2D eigenvalue weighted by Crippen LogP contribution is 2.39. The summed E-state index contributed by atoms with van der Waals surface area (Å²) in [5.41, 5.74) is 3.29. The second-order valence-corrected chi connectivity index (χ2v) is 8.31. The van der Waals surface area contributed by atoms with Gasteiger partial charge in [0, 0.05) is 18.1 Å². The summed E-state index contributed by atoms with van der Waals surface area (Å²) >= 11 is 8.69. The van der Waals surface area contributed by atoms with Crippen LogP contribution in [0.3, 0.4) is 0 Å². The molecule has 0 fully saturated rings. The van der Waals surface area contributed by atoms with Crippen molar-refractivity contribution in [3.05, 3.63) is 80.8 Å². The Morgan fingerprint density at radius 2 is 2.00 bits per heavy atom. The first-order valence-corrected chi connectivity index (χ1v) is 11.3. The second kappa shape index (κ2) is 10.0. The Bertz CT molecular complexity index is 1310. The number of hydrogen-bond acceptors (Lipinski definition) is 6. The number of hydrogen-bond donors (Lipinski definition) is 1. The van der Waals surface area contributed by atoms with Crippen molar-refractivity contribution in [3.8, 4) is 17.6 Å². The van der Waals surface area contributed by atoms with Crippen LogP contribution in [0.5, 0.6) is 11.5 Å². The lowest BCUT2D eigenvalue weighted by molar-refractivity contribution is 0.301. The molecule has 4 rings (SSSR count). The van der Waals surface area contributed by atoms with Crippen molar-refractivity contribution in [2.24, 2.45) is 0 Å². The third-order valence-electron chi connectivity index (χ3n) is 4.65. The van der Waals surface area contributed by atoms with E-state index >= 15 is 0 Å². The molecule has 0 spiro atoms. The smallest absolute Gasteiger partial charge is 0.144 e. The standard InChI is InChI=1S/C24H18ClIN4O2/c1-2-31-24-19(26)7-8-20-22(24)23(15(12-27)13-29-20)30-16-6-9-21(18(25)11-16)32-14-17-5-3-4-10-28-17/h3-11,13H,2,14H2,1H3,(H,29,30). The van der Waals surface area contributed by atoms with E-state index in [0.717, 1.165) is 20.2 Å². The molecule has 0 amide bonds. The van der Waals surface area contributed by atoms with Crippen molar-refractivity contribution in [2.75, 3.05) is 11.9 Å². The van der Waals surface area contributed by atoms with Crippen molar-refractivity contribution < 1.29 is 9.47 Å². The number of benzene rings is 2. The molecule has 0 saturated heterocycles. The summed E-state index contributed by atoms with van der Waals surface area (Å²) in [6, 6.07) is 17.1. The van der Waals surface area contributed by atoms with E-state index in [1.165, 1.54) is 0 Å². The van der Waals surface area contributed by atoms with Crippen LogP contribution in [0.25, 0.3) is 10.9 Å². The Balaban J connectivity index is 1.68. The predicted octanol–water partition coefficient (Wildman–Crippen LogP) is 6.48. The Kier molecular flexibility index (Phi) is 6.93. The fourth-order valence-electron chi connectivity index (χ4n) is 3.20. The van der Waals surface area contributed by atoms with E-state index in [1.807, 2.05) is 43.3 Å². The number of nitrogens with one attached hydrogen (secondary N) is 1. The number of pyridine rings is 2. The van der Waals surface area contributed by atoms with Gasteiger partial charge < -0.3 is 14.8 Å². The Morgan fingerprint density at radius 1 is 1.12 bits per heavy atom. The zero-order valence-corrected chi connectivity index (χ0v) is 20.0. The predicted molar refractivity (Wildman–Crippen MR) is 134 cm³/mol. The van der Waals surface area contributed by atoms with E-state index in [4.69, 9.17) is 21.1 Å². The topological polar surface area (TPSA) is 80.1 Å². The van der Waals surface area contributed by atoms with E-state index in [1.54, 1.807) is 24.5 Å². The van der Waals surface area contributed by atoms with Gasteiger partial charge in [-0.1, -0.05) is 17.7 Å². The van der Waals surface area contributed by atoms with Crippen LogP contribution in [0, 0.1) is 14.9 Å². The van der Waals surface area contributed by atoms with Crippen LogP contribution >= 0.6 is 34.2 Å². The molecule has 0 unspecified atom stereocenters. The van der Waals surface area contributed by atoms with Gasteiger partial charge in [-0.2, -0.15) is 5.26 Å². The third-order valence-corrected chi connectivity index (χ3v) is 5.80. The fourth-order valence-corrected chi connectivity index (χ4v) is 4.04. The van der Waals surface area contributed by atoms with Gasteiger partial charge in [-0.05, 0) is 72.0 Å². The summed E-state index contributed by atoms with van der Waals surface area (Å²) in [6.07, 6.45) is 3.27. The first kappa shape index (κ1) is 22.1. The zero-order valence-electron chi connectivity index (χ0n) is 17.1. The molecule has 0 bridgehead atoms. The lowest BCUT2D eigenvalue weighted by atomic mass is 10.1. The molecular weight excluding hydrogens is 539 g/mol. The number of rotatable bonds is 7. The van der Waals surface area contributed by atoms with Crippen LogP contribution in [0.15, 0.2) is 60.9 Å². The van der Waals surface area contributed by atoms with Crippen molar-refractivity contribution in [1.29, 1.82) is 5.26 Å². The average Bonchev–Trinajstić information content (AvgIpc) is 2.81. The molecule has 2 aromatic carbocycles. The van der Waals surface area contributed by atoms with Crippen LogP contribution in [-0.2, 0) is 6.61 Å². The maximum atomic E-state index is 9.70. The number of halogens is 2. The summed E-state index contributed by atoms with van der Waals surface area (Å²) in [7, 11) is 0. The number of aromatic nitrogens is 2. The fraction of sp³-hybridized carbons (Fsp3) is 0.125. The van der Waals surface area contributed by atoms with Gasteiger partial charge in [0.2, 0.25) is 0 Å². The third kappa shape index (κ3) is 4.71. The van der Waals surface area contributed by atoms with Crippen molar-refractivity contribution in [2.45, 2.75) is 13.5 Å². The van der Waals surface area contributed by atoms with Crippen molar-refractivity contribution >= 4 is 56.5 Å². The van der Waals surface area contributed by atoms with Crippen LogP contribution in [0.4, 0.5) is 11.4 Å². The van der Waals surface area contributed by atoms with E-state index < -0.39 is 0 Å². The SMILES string of the molecule is CCOc1c(I)ccc2ncc(C#N)c(Nc3ccc(OCc4ccccn4)c(Cl)c3)c12. The van der Waals surface area contributed by atoms with Gasteiger partial charge in [-0.3, -0.25) is 9.97 Å². The van der Waals surface area contributed by atoms with Gasteiger partial charge in [0.1, 0.15) is 24.2 Å². The van der Waals surface area contributed by atoms with Gasteiger partial charge in [-0.15, -0.1) is 0 Å². The molecule has 1 N–H and O–H groups in total. The zero-order chi connectivity index (χ0) is 22.5. The van der Waals surface area contributed by atoms with Gasteiger partial charge in [0.25, 0.3) is 0 Å². The molecule has 2 aromatic heterocycles. The Morgan fingerprint density at radius 3 is 2.72 bits per heavy atom. The number of nitriles is 1. The molecule has 0 saturated carbocycles. The monoisotopic (exact) mass is 556 g/mol. The largest absolute Gasteiger partial charge is 0.492 e. The van der Waals surface area contributed by atoms with Crippen molar-refractivity contribution in [3.63, 3.8) is 0 Å². The number of anilines is 2. The van der Waals surface area contributed by atoms with Gasteiger partial charge in [0.05, 0.1) is 43.0 Å². The molecule has 0 aliphatic rings. The first-order valence-electron chi connectivity index (χ1n) is 9.84. The molecule has 32 heavy (non-hydrogen) atoms. The van der Waals surface area contributed by atoms with E-state index in [-0.39, 0.29) is 0 Å². The molecule has 8 heteroatoms. The van der Waals surface area contributed by atoms with E-state index in [0.29, 0.717) is 46.7 Å². The number of ether oxygens (including phenoxy) is 2. The highest BCUT2D eigenvalue weighted by atomic mass is 127. The molecule has 160 valence electrons. The lowest BCUT2D eigenvalue weighted by Gasteiger charge is -2.16. The quantitative estimate of drug-likeness (QED) is 0.263. The minimum absolute atomic E-state index is 0.317. The second-order valence-electron chi connectivity index (χ2n) is 6.74. The summed E-state index contributed by atoms with van der Waals surface area (Å²) < 4.78 is 12.6. The van der Waals surface area contributed by atoms with Crippen LogP contribution in [-0.4, -0.2) is 16.6 Å². The van der Waals surface area contributed by atoms with Gasteiger partial charge >= 0.3 is 0 Å². The minimum Gasteiger partial charge on any atom is -0.492 e. The molecule has 6 nitrogen and oxygen atoms in total. The summed E-state index contributed by atoms with van der Waals surface area (Å²) in [5, 5.41) is 14.2. The summed E-state index contributed by atoms with van der Waals surface area (Å²) in [6.45, 7) is 2.74. The molecule has 0 atom stereocenters. The maximum Gasteiger partial charge on any atom is 0.144 e. The molecule has 0 aliphatic heterocycles. The Labute approximate surface area is 204 Å². The summed E-state index contributed by atoms with van der Waals surface area (Å²) in [4.78, 5) is 8.67. The minimum atomic E-state index is 0.317. The molecule has 0 radical (unpaired) electrons. The molecule has 4 aromatic rings. The van der Waals surface area contributed by atoms with Crippen molar-refractivity contribution in [1.82, 2.24) is 9.97 Å². The lowest BCUT2D eigenvalue weighted by Crippen LogP contribution is -2.02. The average molecular weight is 557 g/mol. The maximum absolute atomic E-state index is 9.70. The van der Waals surface area contributed by atoms with Gasteiger partial charge in [-0.25, -0.2) is 0 Å². The van der Waals surface area contributed by atoms with Crippen LogP contribution in [0.2, 0.25) is 5.02 Å². The van der Waals surface area contributed by atoms with Crippen LogP contribution in [0.1, 0.15) is 18.2 Å². The normalized spacial score (nSPS) is 10.6. The molecule has 2 heterocycles. The first-order chi connectivity index (χ1) is 15.6. The van der Waals surface area contributed by atoms with E-state index in [9.17, 15) is 5.26 Å².